The van der Waals surface area contributed by atoms with Crippen molar-refractivity contribution in [2.24, 2.45) is 0 Å². The highest BCUT2D eigenvalue weighted by molar-refractivity contribution is 5.70. The fourth-order valence-electron chi connectivity index (χ4n) is 1.10. The number of nitrogens with two attached hydrogens (primary N) is 1. The Balaban J connectivity index is 2.71. The normalized spacial score (nSPS) is 10.9. The molecule has 0 bridgehead atoms. The molecule has 0 spiro atoms. The number of carbonyl (C=O) groups is 1. The number of ether oxygens (including phenoxy) is 1. The summed E-state index contributed by atoms with van der Waals surface area (Å²) in [5, 5.41) is 12.5. The molecule has 6 heteroatoms. The molecule has 16 heavy (non-hydrogen) atoms. The number of hydrogen-bond donors (Lipinski definition) is 1. The average Bonchev–Trinajstić information content (AvgIpc) is 2.44. The molecule has 0 saturated carbocycles. The summed E-state index contributed by atoms with van der Waals surface area (Å²) in [7, 11) is 0. The molecule has 2 N–H and O–H groups in total. The van der Waals surface area contributed by atoms with Gasteiger partial charge in [-0.3, -0.25) is 4.79 Å². The summed E-state index contributed by atoms with van der Waals surface area (Å²) >= 11 is 0. The van der Waals surface area contributed by atoms with Crippen LogP contribution in [0.5, 0.6) is 0 Å². The van der Waals surface area contributed by atoms with E-state index in [1.54, 1.807) is 20.8 Å². The van der Waals surface area contributed by atoms with Gasteiger partial charge in [0, 0.05) is 0 Å². The van der Waals surface area contributed by atoms with Gasteiger partial charge in [-0.05, 0) is 20.8 Å². The molecular formula is C10H14N4O2. The van der Waals surface area contributed by atoms with Crippen molar-refractivity contribution in [3.63, 3.8) is 0 Å². The van der Waals surface area contributed by atoms with Crippen molar-refractivity contribution in [3.8, 4) is 6.07 Å². The molecule has 0 saturated heterocycles. The minimum absolute atomic E-state index is 0.0925. The van der Waals surface area contributed by atoms with E-state index in [0.717, 1.165) is 0 Å². The predicted octanol–water partition coefficient (Wildman–Crippen LogP) is 0.679. The maximum atomic E-state index is 11.5. The third-order valence-electron chi connectivity index (χ3n) is 1.70. The maximum absolute atomic E-state index is 11.5. The van der Waals surface area contributed by atoms with E-state index >= 15 is 0 Å². The monoisotopic (exact) mass is 222 g/mol. The van der Waals surface area contributed by atoms with E-state index < -0.39 is 11.6 Å². The summed E-state index contributed by atoms with van der Waals surface area (Å²) in [6.07, 6.45) is 1.32. The van der Waals surface area contributed by atoms with Crippen LogP contribution in [0.15, 0.2) is 6.20 Å². The first-order valence-electron chi connectivity index (χ1n) is 4.76. The molecule has 0 atom stereocenters. The van der Waals surface area contributed by atoms with Gasteiger partial charge in [-0.15, -0.1) is 0 Å². The van der Waals surface area contributed by atoms with Crippen molar-refractivity contribution in [1.29, 1.82) is 5.26 Å². The smallest absolute Gasteiger partial charge is 0.328 e. The van der Waals surface area contributed by atoms with Crippen LogP contribution >= 0.6 is 0 Å². The van der Waals surface area contributed by atoms with Crippen LogP contribution in [0.4, 0.5) is 5.82 Å². The first-order valence-corrected chi connectivity index (χ1v) is 4.76. The summed E-state index contributed by atoms with van der Waals surface area (Å²) in [6.45, 7) is 5.24. The number of hydrogen-bond acceptors (Lipinski definition) is 5. The maximum Gasteiger partial charge on any atom is 0.328 e. The number of nitriles is 1. The third-order valence-corrected chi connectivity index (χ3v) is 1.70. The first kappa shape index (κ1) is 12.0. The highest BCUT2D eigenvalue weighted by atomic mass is 16.6. The summed E-state index contributed by atoms with van der Waals surface area (Å²) in [5.74, 6) is -0.264. The lowest BCUT2D eigenvalue weighted by Crippen LogP contribution is -2.27. The van der Waals surface area contributed by atoms with Crippen molar-refractivity contribution < 1.29 is 9.53 Å². The van der Waals surface area contributed by atoms with Gasteiger partial charge in [0.2, 0.25) is 0 Å². The van der Waals surface area contributed by atoms with Crippen LogP contribution in [0, 0.1) is 11.3 Å². The van der Waals surface area contributed by atoms with Gasteiger partial charge in [0.15, 0.2) is 0 Å². The quantitative estimate of drug-likeness (QED) is 0.742. The zero-order valence-electron chi connectivity index (χ0n) is 9.52. The zero-order valence-corrected chi connectivity index (χ0v) is 9.52. The van der Waals surface area contributed by atoms with Gasteiger partial charge >= 0.3 is 5.97 Å². The van der Waals surface area contributed by atoms with Gasteiger partial charge in [-0.1, -0.05) is 0 Å². The Morgan fingerprint density at radius 3 is 2.75 bits per heavy atom. The van der Waals surface area contributed by atoms with Crippen LogP contribution < -0.4 is 5.73 Å². The number of rotatable bonds is 2. The van der Waals surface area contributed by atoms with E-state index in [-0.39, 0.29) is 17.9 Å². The number of esters is 1. The molecule has 0 aliphatic carbocycles. The standard InChI is InChI=1S/C10H14N4O2/c1-10(2,3)16-8(15)6-14-9(12)7(4-11)5-13-14/h5H,6,12H2,1-3H3. The minimum Gasteiger partial charge on any atom is -0.459 e. The zero-order chi connectivity index (χ0) is 12.3. The number of nitrogen functional groups attached to an aromatic ring is 1. The van der Waals surface area contributed by atoms with Crippen molar-refractivity contribution in [1.82, 2.24) is 9.78 Å². The number of nitrogens with zero attached hydrogens (tertiary/aromatic N) is 3. The Kier molecular flexibility index (Phi) is 3.18. The summed E-state index contributed by atoms with van der Waals surface area (Å²) in [5.41, 5.74) is 5.30. The topological polar surface area (TPSA) is 93.9 Å². The van der Waals surface area contributed by atoms with E-state index in [1.165, 1.54) is 10.9 Å². The van der Waals surface area contributed by atoms with E-state index in [0.29, 0.717) is 0 Å². The molecule has 0 aliphatic heterocycles. The van der Waals surface area contributed by atoms with E-state index in [1.807, 2.05) is 6.07 Å². The van der Waals surface area contributed by atoms with Gasteiger partial charge < -0.3 is 10.5 Å². The third kappa shape index (κ3) is 2.98. The second-order valence-corrected chi connectivity index (χ2v) is 4.30. The molecule has 0 amide bonds. The molecule has 1 aromatic heterocycles. The van der Waals surface area contributed by atoms with Crippen LogP contribution in [0.2, 0.25) is 0 Å². The van der Waals surface area contributed by atoms with Crippen molar-refractivity contribution in [2.75, 3.05) is 5.73 Å². The van der Waals surface area contributed by atoms with Crippen LogP contribution in [0.3, 0.4) is 0 Å². The summed E-state index contributed by atoms with van der Waals surface area (Å²) < 4.78 is 6.34. The minimum atomic E-state index is -0.545. The molecule has 0 unspecified atom stereocenters. The first-order chi connectivity index (χ1) is 7.33. The Bertz CT molecular complexity index is 437. The predicted molar refractivity (Wildman–Crippen MR) is 57.2 cm³/mol. The highest BCUT2D eigenvalue weighted by Gasteiger charge is 2.18. The lowest BCUT2D eigenvalue weighted by molar-refractivity contribution is -0.155. The molecule has 0 aliphatic rings. The van der Waals surface area contributed by atoms with Gasteiger partial charge in [0.05, 0.1) is 6.20 Å². The van der Waals surface area contributed by atoms with Crippen molar-refractivity contribution in [2.45, 2.75) is 32.9 Å². The van der Waals surface area contributed by atoms with Gasteiger partial charge in [-0.25, -0.2) is 4.68 Å². The second-order valence-electron chi connectivity index (χ2n) is 4.30. The Morgan fingerprint density at radius 1 is 1.69 bits per heavy atom. The molecular weight excluding hydrogens is 208 g/mol. The Hall–Kier alpha value is -2.03. The molecule has 1 rings (SSSR count). The number of carbonyl (C=O) groups excluding carboxylic acids is 1. The van der Waals surface area contributed by atoms with Crippen molar-refractivity contribution in [3.05, 3.63) is 11.8 Å². The van der Waals surface area contributed by atoms with E-state index in [4.69, 9.17) is 15.7 Å². The number of aromatic nitrogens is 2. The highest BCUT2D eigenvalue weighted by Crippen LogP contribution is 2.11. The van der Waals surface area contributed by atoms with Crippen LogP contribution in [0.1, 0.15) is 26.3 Å². The van der Waals surface area contributed by atoms with Crippen LogP contribution in [-0.2, 0) is 16.1 Å². The second kappa shape index (κ2) is 4.23. The number of anilines is 1. The van der Waals surface area contributed by atoms with Crippen LogP contribution in [0.25, 0.3) is 0 Å². The van der Waals surface area contributed by atoms with Gasteiger partial charge in [0.25, 0.3) is 0 Å². The average molecular weight is 222 g/mol. The van der Waals surface area contributed by atoms with Crippen LogP contribution in [-0.4, -0.2) is 21.4 Å². The molecule has 0 fully saturated rings. The fourth-order valence-corrected chi connectivity index (χ4v) is 1.10. The van der Waals surface area contributed by atoms with E-state index in [2.05, 4.69) is 5.10 Å². The SMILES string of the molecule is CC(C)(C)OC(=O)Cn1ncc(C#N)c1N. The molecule has 1 heterocycles. The Labute approximate surface area is 93.6 Å². The lowest BCUT2D eigenvalue weighted by Gasteiger charge is -2.19. The molecule has 0 radical (unpaired) electrons. The van der Waals surface area contributed by atoms with E-state index in [9.17, 15) is 4.79 Å². The molecule has 0 aromatic carbocycles. The summed E-state index contributed by atoms with van der Waals surface area (Å²) in [4.78, 5) is 11.5. The molecule has 1 aromatic rings. The Morgan fingerprint density at radius 2 is 2.31 bits per heavy atom. The molecule has 86 valence electrons. The van der Waals surface area contributed by atoms with Crippen molar-refractivity contribution >= 4 is 11.8 Å². The van der Waals surface area contributed by atoms with Gasteiger partial charge in [-0.2, -0.15) is 10.4 Å². The summed E-state index contributed by atoms with van der Waals surface area (Å²) in [6, 6.07) is 1.88. The van der Waals surface area contributed by atoms with Gasteiger partial charge in [0.1, 0.15) is 29.6 Å². The largest absolute Gasteiger partial charge is 0.459 e. The fraction of sp³-hybridized carbons (Fsp3) is 0.500. The lowest BCUT2D eigenvalue weighted by atomic mass is 10.2. The molecule has 6 nitrogen and oxygen atoms in total.